The quantitative estimate of drug-likeness (QED) is 0.287. The van der Waals surface area contributed by atoms with E-state index in [1.165, 1.54) is 18.3 Å². The van der Waals surface area contributed by atoms with Crippen molar-refractivity contribution < 1.29 is 32.3 Å². The highest BCUT2D eigenvalue weighted by Gasteiger charge is 2.35. The summed E-state index contributed by atoms with van der Waals surface area (Å²) in [5, 5.41) is 28.7. The minimum Gasteiger partial charge on any atom is -0.619 e. The highest BCUT2D eigenvalue weighted by molar-refractivity contribution is 7.89. The Morgan fingerprint density at radius 2 is 2.00 bits per heavy atom. The molecule has 0 saturated carbocycles. The number of aromatic nitrogens is 1. The van der Waals surface area contributed by atoms with Crippen molar-refractivity contribution in [3.05, 3.63) is 65.8 Å². The minimum absolute atomic E-state index is 0.0797. The SMILES string of the molecule is CC(C)CC(NC(=O)c1cc2ccccc2o1)C(=O)NC1CCCN(S(=O)(=O)c2ccc[n+]([O-])c2)C[C@@H]1O. The van der Waals surface area contributed by atoms with Gasteiger partial charge in [-0.15, -0.1) is 0 Å². The number of nitrogens with zero attached hydrogens (tertiary/aromatic N) is 2. The van der Waals surface area contributed by atoms with Crippen LogP contribution in [-0.2, 0) is 14.8 Å². The summed E-state index contributed by atoms with van der Waals surface area (Å²) >= 11 is 0. The van der Waals surface area contributed by atoms with Crippen molar-refractivity contribution in [2.24, 2.45) is 5.92 Å². The van der Waals surface area contributed by atoms with Gasteiger partial charge in [-0.3, -0.25) is 9.59 Å². The van der Waals surface area contributed by atoms with Gasteiger partial charge in [-0.2, -0.15) is 9.04 Å². The molecule has 1 aliphatic heterocycles. The lowest BCUT2D eigenvalue weighted by Gasteiger charge is -2.27. The Labute approximate surface area is 221 Å². The fourth-order valence-electron chi connectivity index (χ4n) is 4.54. The van der Waals surface area contributed by atoms with Gasteiger partial charge in [0.05, 0.1) is 12.1 Å². The highest BCUT2D eigenvalue weighted by atomic mass is 32.2. The zero-order chi connectivity index (χ0) is 27.4. The second-order valence-corrected chi connectivity index (χ2v) is 11.8. The van der Waals surface area contributed by atoms with E-state index in [4.69, 9.17) is 4.42 Å². The van der Waals surface area contributed by atoms with Gasteiger partial charge in [-0.25, -0.2) is 8.42 Å². The van der Waals surface area contributed by atoms with Crippen molar-refractivity contribution in [2.75, 3.05) is 13.1 Å². The molecule has 38 heavy (non-hydrogen) atoms. The summed E-state index contributed by atoms with van der Waals surface area (Å²) < 4.78 is 33.2. The van der Waals surface area contributed by atoms with Crippen LogP contribution in [0.25, 0.3) is 11.0 Å². The van der Waals surface area contributed by atoms with Gasteiger partial charge in [0.25, 0.3) is 5.91 Å². The summed E-state index contributed by atoms with van der Waals surface area (Å²) in [5.41, 5.74) is 0.559. The first kappa shape index (κ1) is 27.6. The van der Waals surface area contributed by atoms with Crippen LogP contribution in [0.15, 0.2) is 64.2 Å². The van der Waals surface area contributed by atoms with Crippen molar-refractivity contribution in [1.82, 2.24) is 14.9 Å². The van der Waals surface area contributed by atoms with Crippen molar-refractivity contribution in [3.8, 4) is 0 Å². The van der Waals surface area contributed by atoms with Crippen LogP contribution in [0.4, 0.5) is 0 Å². The van der Waals surface area contributed by atoms with E-state index in [0.717, 1.165) is 15.9 Å². The smallest absolute Gasteiger partial charge is 0.287 e. The van der Waals surface area contributed by atoms with E-state index in [0.29, 0.717) is 29.6 Å². The number of pyridine rings is 1. The molecule has 1 aromatic carbocycles. The van der Waals surface area contributed by atoms with Crippen LogP contribution in [0.3, 0.4) is 0 Å². The normalized spacial score (nSPS) is 19.7. The standard InChI is InChI=1S/C26H32N4O7S/c1-17(2)13-21(28-26(33)24-14-18-7-3-4-10-23(18)37-24)25(32)27-20-9-6-12-30(16-22(20)31)38(35,36)19-8-5-11-29(34)15-19/h3-5,7-8,10-11,14-15,17,20-22,31H,6,9,12-13,16H2,1-2H3,(H,27,32)(H,28,33)/t20?,21?,22-/m0/s1. The molecule has 3 N–H and O–H groups in total. The van der Waals surface area contributed by atoms with E-state index in [1.54, 1.807) is 18.2 Å². The Morgan fingerprint density at radius 3 is 2.71 bits per heavy atom. The predicted molar refractivity (Wildman–Crippen MR) is 138 cm³/mol. The van der Waals surface area contributed by atoms with Gasteiger partial charge < -0.3 is 25.4 Å². The number of nitrogens with one attached hydrogen (secondary N) is 2. The van der Waals surface area contributed by atoms with Gasteiger partial charge >= 0.3 is 0 Å². The van der Waals surface area contributed by atoms with Crippen LogP contribution in [0.5, 0.6) is 0 Å². The first-order chi connectivity index (χ1) is 18.0. The molecule has 0 bridgehead atoms. The van der Waals surface area contributed by atoms with Gasteiger partial charge in [0.2, 0.25) is 15.9 Å². The third-order valence-corrected chi connectivity index (χ3v) is 8.32. The number of para-hydroxylation sites is 1. The number of carbonyl (C=O) groups is 2. The molecular weight excluding hydrogens is 512 g/mol. The number of β-amino-alcohol motifs (C(OH)–C–C–N with tert-alkyl or cyclic N) is 1. The largest absolute Gasteiger partial charge is 0.619 e. The molecule has 204 valence electrons. The number of hydrogen-bond donors (Lipinski definition) is 3. The Bertz CT molecular complexity index is 1370. The summed E-state index contributed by atoms with van der Waals surface area (Å²) in [6.07, 6.45) is 2.03. The lowest BCUT2D eigenvalue weighted by molar-refractivity contribution is -0.607. The van der Waals surface area contributed by atoms with E-state index >= 15 is 0 Å². The van der Waals surface area contributed by atoms with Gasteiger partial charge in [-0.1, -0.05) is 32.0 Å². The lowest BCUT2D eigenvalue weighted by Crippen LogP contribution is -2.54. The number of amides is 2. The van der Waals surface area contributed by atoms with Crippen molar-refractivity contribution in [2.45, 2.75) is 56.2 Å². The topological polar surface area (TPSA) is 156 Å². The summed E-state index contributed by atoms with van der Waals surface area (Å²) in [4.78, 5) is 26.0. The molecule has 3 atom stereocenters. The van der Waals surface area contributed by atoms with Gasteiger partial charge in [0.15, 0.2) is 18.2 Å². The molecule has 2 aromatic heterocycles. The average Bonchev–Trinajstić information content (AvgIpc) is 3.22. The third kappa shape index (κ3) is 6.32. The van der Waals surface area contributed by atoms with Crippen molar-refractivity contribution in [3.63, 3.8) is 0 Å². The fraction of sp³-hybridized carbons (Fsp3) is 0.423. The molecule has 3 heterocycles. The van der Waals surface area contributed by atoms with Crippen molar-refractivity contribution in [1.29, 1.82) is 0 Å². The molecule has 12 heteroatoms. The van der Waals surface area contributed by atoms with Gasteiger partial charge in [0.1, 0.15) is 16.5 Å². The number of hydrogen-bond acceptors (Lipinski definition) is 7. The Kier molecular flexibility index (Phi) is 8.34. The molecular formula is C26H32N4O7S. The zero-order valence-electron chi connectivity index (χ0n) is 21.2. The summed E-state index contributed by atoms with van der Waals surface area (Å²) in [6, 6.07) is 9.86. The average molecular weight is 545 g/mol. The number of rotatable bonds is 8. The van der Waals surface area contributed by atoms with E-state index in [9.17, 15) is 28.3 Å². The zero-order valence-corrected chi connectivity index (χ0v) is 22.1. The third-order valence-electron chi connectivity index (χ3n) is 6.47. The van der Waals surface area contributed by atoms with E-state index < -0.39 is 40.0 Å². The Morgan fingerprint density at radius 1 is 1.24 bits per heavy atom. The van der Waals surface area contributed by atoms with E-state index in [-0.39, 0.29) is 29.7 Å². The monoisotopic (exact) mass is 544 g/mol. The molecule has 4 rings (SSSR count). The fourth-order valence-corrected chi connectivity index (χ4v) is 6.04. The molecule has 1 aliphatic rings. The molecule has 0 aliphatic carbocycles. The highest BCUT2D eigenvalue weighted by Crippen LogP contribution is 2.21. The van der Waals surface area contributed by atoms with E-state index in [1.807, 2.05) is 26.0 Å². The molecule has 2 unspecified atom stereocenters. The molecule has 0 radical (unpaired) electrons. The number of fused-ring (bicyclic) bond motifs is 1. The Hall–Kier alpha value is -3.48. The summed E-state index contributed by atoms with van der Waals surface area (Å²) in [6.45, 7) is 3.72. The summed E-state index contributed by atoms with van der Waals surface area (Å²) in [7, 11) is -4.01. The summed E-state index contributed by atoms with van der Waals surface area (Å²) in [5.74, 6) is -0.836. The molecule has 11 nitrogen and oxygen atoms in total. The maximum atomic E-state index is 13.2. The first-order valence-corrected chi connectivity index (χ1v) is 14.0. The lowest BCUT2D eigenvalue weighted by atomic mass is 10.0. The number of aliphatic hydroxyl groups excluding tert-OH is 1. The maximum absolute atomic E-state index is 13.2. The number of sulfonamides is 1. The van der Waals surface area contributed by atoms with Crippen LogP contribution in [0.1, 0.15) is 43.7 Å². The second kappa shape index (κ2) is 11.5. The number of benzene rings is 1. The Balaban J connectivity index is 1.44. The molecule has 1 fully saturated rings. The molecule has 2 amide bonds. The van der Waals surface area contributed by atoms with Crippen LogP contribution in [-0.4, -0.2) is 60.9 Å². The maximum Gasteiger partial charge on any atom is 0.287 e. The minimum atomic E-state index is -4.01. The number of carbonyl (C=O) groups excluding carboxylic acids is 2. The first-order valence-electron chi connectivity index (χ1n) is 12.5. The van der Waals surface area contributed by atoms with Crippen LogP contribution >= 0.6 is 0 Å². The van der Waals surface area contributed by atoms with Gasteiger partial charge in [0, 0.05) is 24.5 Å². The number of furan rings is 1. The molecule has 1 saturated heterocycles. The van der Waals surface area contributed by atoms with Gasteiger partial charge in [-0.05, 0) is 43.4 Å². The van der Waals surface area contributed by atoms with E-state index in [2.05, 4.69) is 10.6 Å². The predicted octanol–water partition coefficient (Wildman–Crippen LogP) is 1.54. The van der Waals surface area contributed by atoms with Crippen LogP contribution in [0.2, 0.25) is 0 Å². The molecule has 3 aromatic rings. The van der Waals surface area contributed by atoms with Crippen molar-refractivity contribution >= 4 is 32.8 Å². The second-order valence-electron chi connectivity index (χ2n) is 9.89. The van der Waals surface area contributed by atoms with Crippen LogP contribution < -0.4 is 15.4 Å². The number of aliphatic hydroxyl groups is 1. The molecule has 0 spiro atoms. The van der Waals surface area contributed by atoms with Crippen LogP contribution in [0, 0.1) is 11.1 Å².